The highest BCUT2D eigenvalue weighted by Crippen LogP contribution is 2.49. The Kier molecular flexibility index (Phi) is 5.02. The Bertz CT molecular complexity index is 901. The van der Waals surface area contributed by atoms with E-state index in [1.807, 2.05) is 26.0 Å². The zero-order valence-corrected chi connectivity index (χ0v) is 17.5. The van der Waals surface area contributed by atoms with E-state index < -0.39 is 29.4 Å². The van der Waals surface area contributed by atoms with Gasteiger partial charge in [0.1, 0.15) is 5.00 Å². The van der Waals surface area contributed by atoms with Crippen molar-refractivity contribution in [1.82, 2.24) is 0 Å². The van der Waals surface area contributed by atoms with Crippen LogP contribution < -0.4 is 10.4 Å². The number of carbonyl (C=O) groups excluding carboxylic acids is 3. The number of fused-ring (bicyclic) bond motifs is 3. The molecule has 1 saturated carbocycles. The maximum atomic E-state index is 13.1. The lowest BCUT2D eigenvalue weighted by molar-refractivity contribution is -0.313. The van der Waals surface area contributed by atoms with Gasteiger partial charge in [-0.2, -0.15) is 0 Å². The van der Waals surface area contributed by atoms with Crippen LogP contribution in [0.5, 0.6) is 0 Å². The summed E-state index contributed by atoms with van der Waals surface area (Å²) < 4.78 is 11.1. The van der Waals surface area contributed by atoms with Crippen LogP contribution in [-0.4, -0.2) is 30.1 Å². The van der Waals surface area contributed by atoms with Crippen LogP contribution in [-0.2, 0) is 32.1 Å². The lowest BCUT2D eigenvalue weighted by atomic mass is 9.82. The molecule has 4 rings (SSSR count). The van der Waals surface area contributed by atoms with Crippen LogP contribution in [0.3, 0.4) is 0 Å². The fraction of sp³-hybridized carbons (Fsp3) is 0.571. The van der Waals surface area contributed by atoms with Crippen molar-refractivity contribution in [2.24, 2.45) is 23.7 Å². The van der Waals surface area contributed by atoms with Gasteiger partial charge in [-0.25, -0.2) is 4.79 Å². The van der Waals surface area contributed by atoms with Crippen molar-refractivity contribution in [3.8, 4) is 0 Å². The number of carboxylic acid groups (broad SMARTS) is 1. The fourth-order valence-corrected chi connectivity index (χ4v) is 5.88. The number of ether oxygens (including phenoxy) is 2. The summed E-state index contributed by atoms with van der Waals surface area (Å²) in [6, 6.07) is 0. The van der Waals surface area contributed by atoms with Crippen LogP contribution in [0.15, 0.2) is 12.2 Å². The maximum Gasteiger partial charge on any atom is 0.341 e. The number of esters is 1. The monoisotopic (exact) mass is 418 g/mol. The Morgan fingerprint density at radius 3 is 2.62 bits per heavy atom. The average Bonchev–Trinajstić information content (AvgIpc) is 3.33. The minimum absolute atomic E-state index is 0.120. The number of amides is 1. The lowest BCUT2D eigenvalue weighted by Gasteiger charge is -2.30. The van der Waals surface area contributed by atoms with E-state index in [0.29, 0.717) is 30.0 Å². The number of hydrogen-bond acceptors (Lipinski definition) is 7. The summed E-state index contributed by atoms with van der Waals surface area (Å²) in [5.41, 5.74) is 0.774. The summed E-state index contributed by atoms with van der Waals surface area (Å²) in [5, 5.41) is 14.9. The van der Waals surface area contributed by atoms with Crippen molar-refractivity contribution < 1.29 is 29.0 Å². The first-order valence-corrected chi connectivity index (χ1v) is 10.7. The zero-order chi connectivity index (χ0) is 20.9. The molecule has 0 spiro atoms. The van der Waals surface area contributed by atoms with Crippen molar-refractivity contribution in [3.63, 3.8) is 0 Å². The predicted molar refractivity (Wildman–Crippen MR) is 104 cm³/mol. The van der Waals surface area contributed by atoms with E-state index >= 15 is 0 Å². The standard InChI is InChI=1S/C21H25NO6S/c1-4-27-20(26)16-12-8-21(2,3)28-9-13(12)29-18(16)22-17(23)14-10-5-6-11(7-10)15(14)19(24)25/h5-6,10-11,14-15H,4,7-9H2,1-3H3,(H,22,23)(H,24,25)/p-1/t10-,11-,14-,15-/m0/s1. The van der Waals surface area contributed by atoms with Gasteiger partial charge in [0.15, 0.2) is 0 Å². The van der Waals surface area contributed by atoms with Gasteiger partial charge in [-0.05, 0) is 44.6 Å². The van der Waals surface area contributed by atoms with E-state index in [4.69, 9.17) is 9.47 Å². The minimum Gasteiger partial charge on any atom is -0.550 e. The van der Waals surface area contributed by atoms with Crippen LogP contribution in [0.4, 0.5) is 5.00 Å². The first-order chi connectivity index (χ1) is 13.7. The van der Waals surface area contributed by atoms with Crippen LogP contribution in [0.25, 0.3) is 0 Å². The molecule has 1 fully saturated rings. The third kappa shape index (κ3) is 3.48. The summed E-state index contributed by atoms with van der Waals surface area (Å²) in [6.07, 6.45) is 4.95. The second kappa shape index (κ2) is 7.25. The van der Waals surface area contributed by atoms with Crippen LogP contribution >= 0.6 is 11.3 Å². The Hall–Kier alpha value is -2.19. The molecule has 0 radical (unpaired) electrons. The molecule has 1 aliphatic heterocycles. The van der Waals surface area contributed by atoms with Crippen LogP contribution in [0, 0.1) is 23.7 Å². The van der Waals surface area contributed by atoms with Crippen molar-refractivity contribution in [2.45, 2.75) is 45.8 Å². The molecular weight excluding hydrogens is 394 g/mol. The SMILES string of the molecule is CCOC(=O)c1c(NC(=O)[C@@H]2[C@@H](C(=O)[O-])[C@H]3C=C[C@H]2C3)sc2c1CC(C)(C)OC2. The lowest BCUT2D eigenvalue weighted by Crippen LogP contribution is -2.42. The van der Waals surface area contributed by atoms with Gasteiger partial charge in [0, 0.05) is 23.2 Å². The number of hydrogen-bond donors (Lipinski definition) is 1. The third-order valence-corrected chi connectivity index (χ3v) is 7.16. The molecule has 4 atom stereocenters. The first-order valence-electron chi connectivity index (χ1n) is 9.87. The number of carboxylic acids is 1. The number of carbonyl (C=O) groups is 3. The summed E-state index contributed by atoms with van der Waals surface area (Å²) in [4.78, 5) is 38.3. The highest BCUT2D eigenvalue weighted by molar-refractivity contribution is 7.17. The summed E-state index contributed by atoms with van der Waals surface area (Å²) >= 11 is 1.29. The number of thiophene rings is 1. The minimum atomic E-state index is -1.20. The molecule has 0 aromatic carbocycles. The van der Waals surface area contributed by atoms with Gasteiger partial charge in [0.25, 0.3) is 0 Å². The van der Waals surface area contributed by atoms with E-state index in [9.17, 15) is 19.5 Å². The highest BCUT2D eigenvalue weighted by Gasteiger charge is 2.49. The van der Waals surface area contributed by atoms with Gasteiger partial charge < -0.3 is 24.7 Å². The molecule has 3 aliphatic rings. The van der Waals surface area contributed by atoms with Crippen LogP contribution in [0.1, 0.15) is 48.0 Å². The second-order valence-corrected chi connectivity index (χ2v) is 9.57. The van der Waals surface area contributed by atoms with Crippen molar-refractivity contribution in [1.29, 1.82) is 0 Å². The molecule has 2 bridgehead atoms. The third-order valence-electron chi connectivity index (χ3n) is 6.04. The van der Waals surface area contributed by atoms with E-state index in [0.717, 1.165) is 10.4 Å². The Labute approximate surface area is 173 Å². The van der Waals surface area contributed by atoms with Gasteiger partial charge in [-0.15, -0.1) is 11.3 Å². The van der Waals surface area contributed by atoms with Crippen LogP contribution in [0.2, 0.25) is 0 Å². The van der Waals surface area contributed by atoms with Gasteiger partial charge in [0.2, 0.25) is 5.91 Å². The quantitative estimate of drug-likeness (QED) is 0.578. The molecule has 1 aromatic rings. The second-order valence-electron chi connectivity index (χ2n) is 8.46. The Morgan fingerprint density at radius 1 is 1.28 bits per heavy atom. The molecule has 7 nitrogen and oxygen atoms in total. The number of rotatable bonds is 5. The predicted octanol–water partition coefficient (Wildman–Crippen LogP) is 1.90. The molecular formula is C21H24NO6S-. The average molecular weight is 418 g/mol. The van der Waals surface area contributed by atoms with E-state index in [2.05, 4.69) is 5.32 Å². The molecule has 29 heavy (non-hydrogen) atoms. The zero-order valence-electron chi connectivity index (χ0n) is 16.7. The van der Waals surface area contributed by atoms with Crippen molar-refractivity contribution >= 4 is 34.2 Å². The highest BCUT2D eigenvalue weighted by atomic mass is 32.1. The molecule has 0 unspecified atom stereocenters. The smallest absolute Gasteiger partial charge is 0.341 e. The first kappa shape index (κ1) is 20.1. The van der Waals surface area contributed by atoms with E-state index in [1.165, 1.54) is 11.3 Å². The summed E-state index contributed by atoms with van der Waals surface area (Å²) in [7, 11) is 0. The molecule has 8 heteroatoms. The maximum absolute atomic E-state index is 13.1. The normalized spacial score (nSPS) is 28.8. The fourth-order valence-electron chi connectivity index (χ4n) is 4.76. The van der Waals surface area contributed by atoms with Gasteiger partial charge >= 0.3 is 5.97 Å². The molecule has 1 amide bonds. The topological polar surface area (TPSA) is 105 Å². The van der Waals surface area contributed by atoms with E-state index in [-0.39, 0.29) is 24.3 Å². The summed E-state index contributed by atoms with van der Waals surface area (Å²) in [6.45, 7) is 6.21. The van der Waals surface area contributed by atoms with Gasteiger partial charge in [-0.1, -0.05) is 12.2 Å². The number of anilines is 1. The van der Waals surface area contributed by atoms with Gasteiger partial charge in [-0.3, -0.25) is 4.79 Å². The molecule has 156 valence electrons. The number of allylic oxidation sites excluding steroid dienone is 2. The molecule has 2 heterocycles. The molecule has 1 N–H and O–H groups in total. The largest absolute Gasteiger partial charge is 0.550 e. The Morgan fingerprint density at radius 2 is 1.97 bits per heavy atom. The van der Waals surface area contributed by atoms with Crippen molar-refractivity contribution in [2.75, 3.05) is 11.9 Å². The summed E-state index contributed by atoms with van der Waals surface area (Å²) in [5.74, 6) is -3.90. The van der Waals surface area contributed by atoms with E-state index in [1.54, 1.807) is 6.92 Å². The molecule has 2 aliphatic carbocycles. The molecule has 1 aromatic heterocycles. The number of aliphatic carboxylic acids is 1. The number of nitrogens with one attached hydrogen (secondary N) is 1. The van der Waals surface area contributed by atoms with Crippen molar-refractivity contribution in [3.05, 3.63) is 28.2 Å². The van der Waals surface area contributed by atoms with Gasteiger partial charge in [0.05, 0.1) is 30.3 Å². The Balaban J connectivity index is 1.66. The molecule has 0 saturated heterocycles.